The number of anilines is 1. The molecule has 3 amide bonds. The van der Waals surface area contributed by atoms with E-state index in [1.54, 1.807) is 31.0 Å². The number of nitrogens with one attached hydrogen (secondary N) is 3. The minimum Gasteiger partial charge on any atom is -0.386 e. The molecule has 0 bridgehead atoms. The molecule has 2 aromatic rings. The summed E-state index contributed by atoms with van der Waals surface area (Å²) in [4.78, 5) is 50.6. The molecule has 10 nitrogen and oxygen atoms in total. The Kier molecular flexibility index (Phi) is 13.8. The second-order valence-electron chi connectivity index (χ2n) is 13.7. The number of aldehydes is 1. The number of likely N-dealkylation sites (tertiary alicyclic amines) is 1. The Morgan fingerprint density at radius 1 is 1.02 bits per heavy atom. The SMILES string of the molecule is CC1CCC(C(C=O)NC(=O)c2ccnn2CCF)CC1.CCC(=O)NC(C(=O)N1CCC(C(F)F)CC1)C1(c2ccc(NC)c(F)c2)CC1. The maximum Gasteiger partial charge on any atom is 0.270 e. The molecule has 3 N–H and O–H groups in total. The van der Waals surface area contributed by atoms with E-state index < -0.39 is 42.3 Å². The Morgan fingerprint density at radius 3 is 2.24 bits per heavy atom. The van der Waals surface area contributed by atoms with Crippen LogP contribution < -0.4 is 16.0 Å². The van der Waals surface area contributed by atoms with Gasteiger partial charge in [0.15, 0.2) is 0 Å². The summed E-state index contributed by atoms with van der Waals surface area (Å²) < 4.78 is 54.0. The zero-order chi connectivity index (χ0) is 36.4. The van der Waals surface area contributed by atoms with Crippen molar-refractivity contribution in [3.63, 3.8) is 0 Å². The minimum absolute atomic E-state index is 0.0441. The summed E-state index contributed by atoms with van der Waals surface area (Å²) >= 11 is 0. The molecule has 2 atom stereocenters. The Hall–Kier alpha value is -3.97. The highest BCUT2D eigenvalue weighted by atomic mass is 19.3. The van der Waals surface area contributed by atoms with Gasteiger partial charge in [-0.2, -0.15) is 5.10 Å². The fraction of sp³-hybridized carbons (Fsp3) is 0.639. The van der Waals surface area contributed by atoms with Crippen molar-refractivity contribution in [2.45, 2.75) is 102 Å². The van der Waals surface area contributed by atoms with Crippen molar-refractivity contribution in [3.05, 3.63) is 47.5 Å². The molecule has 2 saturated carbocycles. The van der Waals surface area contributed by atoms with Crippen molar-refractivity contribution in [1.29, 1.82) is 0 Å². The Bertz CT molecular complexity index is 1450. The van der Waals surface area contributed by atoms with E-state index in [0.717, 1.165) is 32.0 Å². The van der Waals surface area contributed by atoms with Gasteiger partial charge in [0.05, 0.1) is 18.3 Å². The van der Waals surface area contributed by atoms with Gasteiger partial charge in [-0.3, -0.25) is 19.1 Å². The number of hydrogen-bond acceptors (Lipinski definition) is 6. The molecule has 5 rings (SSSR count). The minimum atomic E-state index is -2.38. The zero-order valence-electron chi connectivity index (χ0n) is 29.1. The van der Waals surface area contributed by atoms with Crippen molar-refractivity contribution in [2.24, 2.45) is 17.8 Å². The lowest BCUT2D eigenvalue weighted by Crippen LogP contribution is -2.56. The van der Waals surface area contributed by atoms with Crippen LogP contribution in [0.5, 0.6) is 0 Å². The average molecular weight is 707 g/mol. The number of amides is 3. The highest BCUT2D eigenvalue weighted by Crippen LogP contribution is 2.52. The van der Waals surface area contributed by atoms with E-state index in [1.807, 2.05) is 0 Å². The maximum absolute atomic E-state index is 14.4. The first-order chi connectivity index (χ1) is 24.0. The largest absolute Gasteiger partial charge is 0.386 e. The second-order valence-corrected chi connectivity index (χ2v) is 13.7. The summed E-state index contributed by atoms with van der Waals surface area (Å²) in [6.07, 6.45) is 5.99. The van der Waals surface area contributed by atoms with Crippen LogP contribution in [0.2, 0.25) is 0 Å². The second kappa shape index (κ2) is 17.8. The Labute approximate surface area is 291 Å². The molecule has 50 heavy (non-hydrogen) atoms. The van der Waals surface area contributed by atoms with E-state index in [0.29, 0.717) is 35.7 Å². The summed E-state index contributed by atoms with van der Waals surface area (Å²) in [5.74, 6) is -1.12. The summed E-state index contributed by atoms with van der Waals surface area (Å²) in [5.41, 5.74) is 0.670. The quantitative estimate of drug-likeness (QED) is 0.193. The summed E-state index contributed by atoms with van der Waals surface area (Å²) in [5, 5.41) is 12.3. The molecule has 14 heteroatoms. The van der Waals surface area contributed by atoms with Crippen LogP contribution in [-0.2, 0) is 26.3 Å². The van der Waals surface area contributed by atoms with Crippen LogP contribution in [0.4, 0.5) is 23.2 Å². The predicted octanol–water partition coefficient (Wildman–Crippen LogP) is 5.27. The van der Waals surface area contributed by atoms with Gasteiger partial charge in [0.2, 0.25) is 18.2 Å². The van der Waals surface area contributed by atoms with E-state index in [4.69, 9.17) is 0 Å². The number of carbonyl (C=O) groups is 4. The first kappa shape index (κ1) is 38.8. The molecule has 0 spiro atoms. The molecule has 3 aliphatic rings. The fourth-order valence-corrected chi connectivity index (χ4v) is 7.08. The number of rotatable bonds is 13. The number of alkyl halides is 3. The van der Waals surface area contributed by atoms with Gasteiger partial charge in [-0.1, -0.05) is 32.8 Å². The van der Waals surface area contributed by atoms with Crippen molar-refractivity contribution in [3.8, 4) is 0 Å². The molecule has 2 heterocycles. The standard InChI is InChI=1S/C21H28F3N3O2.C15H22FN3O2/c1-3-17(28)26-18(20(29)27-10-6-13(7-11-27)19(23)24)21(8-9-21)14-4-5-16(25-2)15(22)12-14;1-11-2-4-12(5-3-11)13(10-20)18-15(21)14-6-8-17-19(14)9-7-16/h4-5,12-13,18-19,25H,3,6-11H2,1-2H3,(H,26,28);6,8,10-13H,2-5,7,9H2,1H3,(H,18,21). The molecular weight excluding hydrogens is 656 g/mol. The van der Waals surface area contributed by atoms with Crippen molar-refractivity contribution < 1.29 is 36.7 Å². The van der Waals surface area contributed by atoms with Gasteiger partial charge in [0.1, 0.15) is 30.5 Å². The fourth-order valence-electron chi connectivity index (χ4n) is 7.08. The lowest BCUT2D eigenvalue weighted by Gasteiger charge is -2.37. The maximum atomic E-state index is 14.4. The highest BCUT2D eigenvalue weighted by molar-refractivity contribution is 5.94. The van der Waals surface area contributed by atoms with Gasteiger partial charge in [-0.05, 0) is 74.1 Å². The summed E-state index contributed by atoms with van der Waals surface area (Å²) in [6.45, 7) is 3.86. The average Bonchev–Trinajstić information content (AvgIpc) is 3.80. The molecule has 1 aromatic heterocycles. The van der Waals surface area contributed by atoms with Crippen molar-refractivity contribution in [2.75, 3.05) is 32.1 Å². The number of nitrogens with zero attached hydrogens (tertiary/aromatic N) is 3. The van der Waals surface area contributed by atoms with Gasteiger partial charge >= 0.3 is 0 Å². The molecule has 0 radical (unpaired) electrons. The topological polar surface area (TPSA) is 125 Å². The third kappa shape index (κ3) is 9.42. The molecular formula is C36H50F4N6O4. The number of aromatic nitrogens is 2. The van der Waals surface area contributed by atoms with E-state index in [1.165, 1.54) is 23.0 Å². The van der Waals surface area contributed by atoms with Crippen LogP contribution in [0.15, 0.2) is 30.5 Å². The van der Waals surface area contributed by atoms with Crippen LogP contribution in [-0.4, -0.2) is 84.0 Å². The first-order valence-electron chi connectivity index (χ1n) is 17.7. The predicted molar refractivity (Wildman–Crippen MR) is 181 cm³/mol. The van der Waals surface area contributed by atoms with E-state index in [9.17, 15) is 36.7 Å². The lowest BCUT2D eigenvalue weighted by molar-refractivity contribution is -0.139. The number of hydrogen-bond donors (Lipinski definition) is 3. The molecule has 2 aliphatic carbocycles. The molecule has 276 valence electrons. The number of carbonyl (C=O) groups excluding carboxylic acids is 4. The van der Waals surface area contributed by atoms with Crippen LogP contribution in [0.1, 0.15) is 87.7 Å². The third-order valence-corrected chi connectivity index (χ3v) is 10.5. The van der Waals surface area contributed by atoms with E-state index in [2.05, 4.69) is 28.0 Å². The highest BCUT2D eigenvalue weighted by Gasteiger charge is 2.55. The van der Waals surface area contributed by atoms with Crippen LogP contribution >= 0.6 is 0 Å². The molecule has 1 aliphatic heterocycles. The van der Waals surface area contributed by atoms with Gasteiger partial charge in [0, 0.05) is 44.1 Å². The van der Waals surface area contributed by atoms with Gasteiger partial charge in [0.25, 0.3) is 5.91 Å². The third-order valence-electron chi connectivity index (χ3n) is 10.5. The van der Waals surface area contributed by atoms with Crippen LogP contribution in [0.25, 0.3) is 0 Å². The first-order valence-corrected chi connectivity index (χ1v) is 17.7. The number of halogens is 4. The zero-order valence-corrected chi connectivity index (χ0v) is 29.1. The van der Waals surface area contributed by atoms with Crippen LogP contribution in [0, 0.1) is 23.6 Å². The van der Waals surface area contributed by atoms with E-state index in [-0.39, 0.29) is 62.5 Å². The molecule has 3 fully saturated rings. The van der Waals surface area contributed by atoms with Gasteiger partial charge in [-0.25, -0.2) is 17.6 Å². The normalized spacial score (nSPS) is 21.3. The summed E-state index contributed by atoms with van der Waals surface area (Å²) in [6, 6.07) is 5.07. The lowest BCUT2D eigenvalue weighted by atomic mass is 9.79. The Balaban J connectivity index is 0.000000237. The van der Waals surface area contributed by atoms with Crippen molar-refractivity contribution >= 4 is 29.7 Å². The number of aryl methyl sites for hydroxylation is 1. The van der Waals surface area contributed by atoms with Crippen LogP contribution in [0.3, 0.4) is 0 Å². The smallest absolute Gasteiger partial charge is 0.270 e. The van der Waals surface area contributed by atoms with Gasteiger partial charge in [-0.15, -0.1) is 0 Å². The molecule has 2 unspecified atom stereocenters. The van der Waals surface area contributed by atoms with E-state index >= 15 is 0 Å². The van der Waals surface area contributed by atoms with Crippen molar-refractivity contribution in [1.82, 2.24) is 25.3 Å². The number of benzene rings is 1. The van der Waals surface area contributed by atoms with Gasteiger partial charge < -0.3 is 25.6 Å². The number of piperidine rings is 1. The summed E-state index contributed by atoms with van der Waals surface area (Å²) in [7, 11) is 1.63. The Morgan fingerprint density at radius 2 is 1.70 bits per heavy atom. The molecule has 1 aromatic carbocycles. The molecule has 1 saturated heterocycles. The monoisotopic (exact) mass is 706 g/mol.